The van der Waals surface area contributed by atoms with Crippen molar-refractivity contribution in [3.8, 4) is 5.69 Å². The lowest BCUT2D eigenvalue weighted by Crippen LogP contribution is -2.28. The average Bonchev–Trinajstić information content (AvgIpc) is 3.58. The van der Waals surface area contributed by atoms with Crippen molar-refractivity contribution in [2.75, 3.05) is 5.75 Å². The molecule has 156 valence electrons. The van der Waals surface area contributed by atoms with Crippen molar-refractivity contribution < 1.29 is 9.21 Å². The summed E-state index contributed by atoms with van der Waals surface area (Å²) in [5.41, 5.74) is 1.64. The molecule has 0 aliphatic carbocycles. The molecule has 0 N–H and O–H groups in total. The molecule has 0 fully saturated rings. The predicted molar refractivity (Wildman–Crippen MR) is 119 cm³/mol. The second-order valence-corrected chi connectivity index (χ2v) is 8.96. The molecule has 0 spiro atoms. The molecule has 1 amide bonds. The van der Waals surface area contributed by atoms with E-state index in [9.17, 15) is 4.79 Å². The van der Waals surface area contributed by atoms with Crippen LogP contribution in [-0.2, 0) is 4.79 Å². The lowest BCUT2D eigenvalue weighted by Gasteiger charge is -2.19. The van der Waals surface area contributed by atoms with E-state index in [1.54, 1.807) is 34.4 Å². The van der Waals surface area contributed by atoms with Crippen molar-refractivity contribution in [2.45, 2.75) is 17.6 Å². The van der Waals surface area contributed by atoms with Gasteiger partial charge in [-0.05, 0) is 58.3 Å². The number of hydrazone groups is 1. The number of carbonyl (C=O) groups is 1. The van der Waals surface area contributed by atoms with Crippen LogP contribution in [0, 0.1) is 0 Å². The summed E-state index contributed by atoms with van der Waals surface area (Å²) in [6, 6.07) is 14.5. The third-order valence-corrected chi connectivity index (χ3v) is 6.75. The highest BCUT2D eigenvalue weighted by molar-refractivity contribution is 7.99. The molecule has 1 aliphatic rings. The molecule has 1 aromatic carbocycles. The molecule has 31 heavy (non-hydrogen) atoms. The Morgan fingerprint density at radius 1 is 1.23 bits per heavy atom. The molecule has 0 saturated carbocycles. The standard InChI is InChI=1S/C20H15ClN6O2S2/c21-13-5-7-14(8-6-13)26-20(22-24-25-26)31-12-19(28)27-16(17-3-1-9-29-17)11-15(23-27)18-4-2-10-30-18/h1-10,16H,11-12H2. The van der Waals surface area contributed by atoms with E-state index >= 15 is 0 Å². The number of halogens is 1. The van der Waals surface area contributed by atoms with Crippen LogP contribution in [0.4, 0.5) is 0 Å². The van der Waals surface area contributed by atoms with Crippen LogP contribution in [0.15, 0.2) is 74.8 Å². The van der Waals surface area contributed by atoms with Gasteiger partial charge in [0.05, 0.1) is 28.3 Å². The van der Waals surface area contributed by atoms with Gasteiger partial charge in [0.25, 0.3) is 5.91 Å². The highest BCUT2D eigenvalue weighted by atomic mass is 35.5. The summed E-state index contributed by atoms with van der Waals surface area (Å²) in [4.78, 5) is 14.2. The zero-order valence-corrected chi connectivity index (χ0v) is 18.3. The molecule has 0 radical (unpaired) electrons. The maximum Gasteiger partial charge on any atom is 0.253 e. The number of carbonyl (C=O) groups excluding carboxylic acids is 1. The zero-order chi connectivity index (χ0) is 21.2. The highest BCUT2D eigenvalue weighted by Crippen LogP contribution is 2.34. The van der Waals surface area contributed by atoms with Crippen LogP contribution in [0.3, 0.4) is 0 Å². The second-order valence-electron chi connectivity index (χ2n) is 6.64. The summed E-state index contributed by atoms with van der Waals surface area (Å²) in [5.74, 6) is 0.690. The van der Waals surface area contributed by atoms with Gasteiger partial charge in [-0.1, -0.05) is 29.4 Å². The third-order valence-electron chi connectivity index (χ3n) is 4.68. The third kappa shape index (κ3) is 4.14. The number of hydrogen-bond acceptors (Lipinski definition) is 8. The largest absolute Gasteiger partial charge is 0.467 e. The lowest BCUT2D eigenvalue weighted by atomic mass is 10.1. The molecule has 11 heteroatoms. The first-order valence-electron chi connectivity index (χ1n) is 9.33. The Balaban J connectivity index is 1.34. The van der Waals surface area contributed by atoms with Gasteiger partial charge in [0, 0.05) is 11.4 Å². The van der Waals surface area contributed by atoms with E-state index in [2.05, 4.69) is 20.6 Å². The smallest absolute Gasteiger partial charge is 0.253 e. The number of benzene rings is 1. The van der Waals surface area contributed by atoms with Crippen molar-refractivity contribution in [1.29, 1.82) is 0 Å². The number of aromatic nitrogens is 4. The van der Waals surface area contributed by atoms with E-state index < -0.39 is 0 Å². The predicted octanol–water partition coefficient (Wildman–Crippen LogP) is 4.44. The van der Waals surface area contributed by atoms with Gasteiger partial charge in [0.2, 0.25) is 5.16 Å². The van der Waals surface area contributed by atoms with E-state index in [1.165, 1.54) is 16.8 Å². The Kier molecular flexibility index (Phi) is 5.58. The summed E-state index contributed by atoms with van der Waals surface area (Å²) >= 11 is 8.81. The normalized spacial score (nSPS) is 16.0. The van der Waals surface area contributed by atoms with Crippen molar-refractivity contribution in [2.24, 2.45) is 5.10 Å². The number of furan rings is 1. The number of hydrogen-bond donors (Lipinski definition) is 0. The molecular formula is C20H15ClN6O2S2. The van der Waals surface area contributed by atoms with E-state index in [1.807, 2.05) is 41.8 Å². The first-order chi connectivity index (χ1) is 15.2. The van der Waals surface area contributed by atoms with E-state index in [4.69, 9.17) is 16.0 Å². The number of amides is 1. The molecule has 4 heterocycles. The van der Waals surface area contributed by atoms with Gasteiger partial charge in [-0.2, -0.15) is 9.78 Å². The summed E-state index contributed by atoms with van der Waals surface area (Å²) in [5, 5.41) is 21.1. The van der Waals surface area contributed by atoms with E-state index in [-0.39, 0.29) is 17.7 Å². The van der Waals surface area contributed by atoms with Crippen LogP contribution in [-0.4, -0.2) is 42.6 Å². The summed E-state index contributed by atoms with van der Waals surface area (Å²) < 4.78 is 7.15. The second kappa shape index (κ2) is 8.66. The number of rotatable bonds is 6. The van der Waals surface area contributed by atoms with Crippen LogP contribution in [0.5, 0.6) is 0 Å². The minimum absolute atomic E-state index is 0.131. The van der Waals surface area contributed by atoms with E-state index in [0.29, 0.717) is 22.4 Å². The van der Waals surface area contributed by atoms with Gasteiger partial charge < -0.3 is 4.42 Å². The fourth-order valence-electron chi connectivity index (χ4n) is 3.24. The minimum atomic E-state index is -0.271. The summed E-state index contributed by atoms with van der Waals surface area (Å²) in [7, 11) is 0. The SMILES string of the molecule is O=C(CSc1nnnn1-c1ccc(Cl)cc1)N1N=C(c2cccs2)CC1c1ccco1. The van der Waals surface area contributed by atoms with Crippen LogP contribution in [0.25, 0.3) is 5.69 Å². The van der Waals surface area contributed by atoms with Gasteiger partial charge in [0.1, 0.15) is 11.8 Å². The van der Waals surface area contributed by atoms with Gasteiger partial charge in [0.15, 0.2) is 0 Å². The monoisotopic (exact) mass is 470 g/mol. The van der Waals surface area contributed by atoms with Crippen molar-refractivity contribution in [3.63, 3.8) is 0 Å². The van der Waals surface area contributed by atoms with Gasteiger partial charge in [-0.15, -0.1) is 16.4 Å². The summed E-state index contributed by atoms with van der Waals surface area (Å²) in [6.45, 7) is 0. The first kappa shape index (κ1) is 20.0. The van der Waals surface area contributed by atoms with Crippen molar-refractivity contribution in [3.05, 3.63) is 75.8 Å². The Bertz CT molecular complexity index is 1210. The highest BCUT2D eigenvalue weighted by Gasteiger charge is 2.35. The molecule has 1 aliphatic heterocycles. The molecular weight excluding hydrogens is 456 g/mol. The van der Waals surface area contributed by atoms with Crippen LogP contribution >= 0.6 is 34.7 Å². The quantitative estimate of drug-likeness (QED) is 0.387. The fraction of sp³-hybridized carbons (Fsp3) is 0.150. The molecule has 4 aromatic rings. The Hall–Kier alpha value is -2.95. The van der Waals surface area contributed by atoms with Gasteiger partial charge in [-0.25, -0.2) is 5.01 Å². The molecule has 1 atom stereocenters. The first-order valence-corrected chi connectivity index (χ1v) is 11.6. The number of thioether (sulfide) groups is 1. The zero-order valence-electron chi connectivity index (χ0n) is 16.0. The van der Waals surface area contributed by atoms with E-state index in [0.717, 1.165) is 16.3 Å². The molecule has 8 nitrogen and oxygen atoms in total. The van der Waals surface area contributed by atoms with Crippen LogP contribution < -0.4 is 0 Å². The van der Waals surface area contributed by atoms with Crippen molar-refractivity contribution in [1.82, 2.24) is 25.2 Å². The lowest BCUT2D eigenvalue weighted by molar-refractivity contribution is -0.130. The van der Waals surface area contributed by atoms with Gasteiger partial charge in [-0.3, -0.25) is 4.79 Å². The average molecular weight is 471 g/mol. The van der Waals surface area contributed by atoms with Crippen molar-refractivity contribution >= 4 is 46.3 Å². The Morgan fingerprint density at radius 2 is 2.10 bits per heavy atom. The molecule has 0 bridgehead atoms. The number of thiophene rings is 1. The van der Waals surface area contributed by atoms with Gasteiger partial charge >= 0.3 is 0 Å². The summed E-state index contributed by atoms with van der Waals surface area (Å²) in [6.07, 6.45) is 2.21. The minimum Gasteiger partial charge on any atom is -0.467 e. The maximum absolute atomic E-state index is 13.1. The number of tetrazole rings is 1. The molecule has 5 rings (SSSR count). The Labute approximate surface area is 190 Å². The topological polar surface area (TPSA) is 89.4 Å². The Morgan fingerprint density at radius 3 is 2.84 bits per heavy atom. The fourth-order valence-corrected chi connectivity index (χ4v) is 4.83. The molecule has 3 aromatic heterocycles. The van der Waals surface area contributed by atoms with Crippen LogP contribution in [0.1, 0.15) is 23.1 Å². The molecule has 1 unspecified atom stereocenters. The van der Waals surface area contributed by atoms with Crippen LogP contribution in [0.2, 0.25) is 5.02 Å². The molecule has 0 saturated heterocycles. The maximum atomic E-state index is 13.1. The number of nitrogens with zero attached hydrogens (tertiary/aromatic N) is 6.